The first kappa shape index (κ1) is 13.0. The Balaban J connectivity index is 2.06. The van der Waals surface area contributed by atoms with Gasteiger partial charge in [-0.3, -0.25) is 4.79 Å². The van der Waals surface area contributed by atoms with Crippen molar-refractivity contribution in [3.63, 3.8) is 0 Å². The van der Waals surface area contributed by atoms with Crippen LogP contribution in [0.15, 0.2) is 30.3 Å². The molecule has 1 amide bonds. The highest BCUT2D eigenvalue weighted by atomic mass is 16.5. The van der Waals surface area contributed by atoms with Gasteiger partial charge < -0.3 is 10.1 Å². The monoisotopic (exact) mass is 269 g/mol. The lowest BCUT2D eigenvalue weighted by Gasteiger charge is -2.27. The van der Waals surface area contributed by atoms with Crippen LogP contribution in [0, 0.1) is 0 Å². The van der Waals surface area contributed by atoms with Gasteiger partial charge in [0, 0.05) is 18.0 Å². The van der Waals surface area contributed by atoms with Crippen LogP contribution in [0.5, 0.6) is 5.75 Å². The lowest BCUT2D eigenvalue weighted by molar-refractivity contribution is -0.121. The first-order valence-electron chi connectivity index (χ1n) is 7.09. The molecule has 0 unspecified atom stereocenters. The van der Waals surface area contributed by atoms with E-state index in [1.54, 1.807) is 7.11 Å². The van der Waals surface area contributed by atoms with Crippen LogP contribution in [0.4, 0.5) is 0 Å². The van der Waals surface area contributed by atoms with Crippen LogP contribution < -0.4 is 10.1 Å². The van der Waals surface area contributed by atoms with Gasteiger partial charge in [-0.1, -0.05) is 31.2 Å². The van der Waals surface area contributed by atoms with Crippen LogP contribution in [0.25, 0.3) is 10.8 Å². The van der Waals surface area contributed by atoms with Crippen molar-refractivity contribution in [1.82, 2.24) is 5.32 Å². The molecule has 3 rings (SSSR count). The molecule has 0 bridgehead atoms. The van der Waals surface area contributed by atoms with Crippen molar-refractivity contribution < 1.29 is 9.53 Å². The van der Waals surface area contributed by atoms with E-state index in [2.05, 4.69) is 29.6 Å². The van der Waals surface area contributed by atoms with Crippen molar-refractivity contribution in [3.05, 3.63) is 41.5 Å². The van der Waals surface area contributed by atoms with Gasteiger partial charge in [0.15, 0.2) is 0 Å². The van der Waals surface area contributed by atoms with E-state index < -0.39 is 0 Å². The Labute approximate surface area is 118 Å². The predicted octanol–water partition coefficient (Wildman–Crippen LogP) is 2.84. The molecule has 0 aliphatic heterocycles. The van der Waals surface area contributed by atoms with Gasteiger partial charge in [-0.15, -0.1) is 0 Å². The highest BCUT2D eigenvalue weighted by Crippen LogP contribution is 2.35. The maximum Gasteiger partial charge on any atom is 0.219 e. The molecule has 0 heterocycles. The number of methoxy groups -OCH3 is 1. The fourth-order valence-electron chi connectivity index (χ4n) is 3.10. The Hall–Kier alpha value is -2.03. The highest BCUT2D eigenvalue weighted by Gasteiger charge is 2.24. The third kappa shape index (κ3) is 2.13. The molecule has 2 aromatic rings. The van der Waals surface area contributed by atoms with Crippen molar-refractivity contribution in [1.29, 1.82) is 0 Å². The molecule has 1 aliphatic rings. The smallest absolute Gasteiger partial charge is 0.219 e. The van der Waals surface area contributed by atoms with Gasteiger partial charge in [-0.2, -0.15) is 0 Å². The van der Waals surface area contributed by atoms with Crippen LogP contribution in [0.1, 0.15) is 24.5 Å². The molecule has 0 saturated heterocycles. The van der Waals surface area contributed by atoms with Crippen LogP contribution in [0.3, 0.4) is 0 Å². The van der Waals surface area contributed by atoms with E-state index in [4.69, 9.17) is 4.74 Å². The zero-order valence-electron chi connectivity index (χ0n) is 11.9. The van der Waals surface area contributed by atoms with Crippen molar-refractivity contribution in [2.24, 2.45) is 0 Å². The summed E-state index contributed by atoms with van der Waals surface area (Å²) in [5, 5.41) is 5.66. The minimum absolute atomic E-state index is 0.112. The van der Waals surface area contributed by atoms with Crippen molar-refractivity contribution >= 4 is 16.7 Å². The largest absolute Gasteiger partial charge is 0.496 e. The van der Waals surface area contributed by atoms with Crippen LogP contribution in [-0.2, 0) is 17.6 Å². The Morgan fingerprint density at radius 2 is 2.15 bits per heavy atom. The molecule has 1 atom stereocenters. The summed E-state index contributed by atoms with van der Waals surface area (Å²) in [5.41, 5.74) is 2.51. The molecular formula is C17H19NO2. The Bertz CT molecular complexity index is 663. The van der Waals surface area contributed by atoms with Crippen LogP contribution in [-0.4, -0.2) is 19.1 Å². The molecule has 2 aromatic carbocycles. The minimum Gasteiger partial charge on any atom is -0.496 e. The van der Waals surface area contributed by atoms with E-state index in [1.807, 2.05) is 13.0 Å². The first-order chi connectivity index (χ1) is 9.72. The van der Waals surface area contributed by atoms with Gasteiger partial charge in [0.2, 0.25) is 5.91 Å². The molecule has 0 aromatic heterocycles. The van der Waals surface area contributed by atoms with E-state index in [9.17, 15) is 4.79 Å². The lowest BCUT2D eigenvalue weighted by Crippen LogP contribution is -2.39. The third-order valence-corrected chi connectivity index (χ3v) is 4.02. The maximum atomic E-state index is 11.6. The second kappa shape index (κ2) is 5.16. The van der Waals surface area contributed by atoms with E-state index in [0.29, 0.717) is 6.42 Å². The third-order valence-electron chi connectivity index (χ3n) is 4.02. The summed E-state index contributed by atoms with van der Waals surface area (Å²) in [4.78, 5) is 11.6. The Morgan fingerprint density at radius 3 is 2.90 bits per heavy atom. The summed E-state index contributed by atoms with van der Waals surface area (Å²) in [7, 11) is 1.70. The summed E-state index contributed by atoms with van der Waals surface area (Å²) >= 11 is 0. The van der Waals surface area contributed by atoms with E-state index >= 15 is 0 Å². The number of nitrogens with one attached hydrogen (secondary N) is 1. The number of benzene rings is 2. The molecule has 0 fully saturated rings. The number of hydrogen-bond acceptors (Lipinski definition) is 2. The molecule has 0 radical (unpaired) electrons. The van der Waals surface area contributed by atoms with E-state index in [1.165, 1.54) is 21.9 Å². The average Bonchev–Trinajstić information content (AvgIpc) is 2.47. The molecule has 0 spiro atoms. The normalized spacial score (nSPS) is 17.0. The number of carbonyl (C=O) groups excluding carboxylic acids is 1. The van der Waals surface area contributed by atoms with E-state index in [-0.39, 0.29) is 11.9 Å². The second-order valence-corrected chi connectivity index (χ2v) is 5.29. The maximum absolute atomic E-state index is 11.6. The Morgan fingerprint density at radius 1 is 1.30 bits per heavy atom. The number of rotatable bonds is 3. The van der Waals surface area contributed by atoms with E-state index in [0.717, 1.165) is 18.6 Å². The zero-order chi connectivity index (χ0) is 14.1. The first-order valence-corrected chi connectivity index (χ1v) is 7.09. The van der Waals surface area contributed by atoms with Gasteiger partial charge in [0.1, 0.15) is 5.75 Å². The zero-order valence-corrected chi connectivity index (χ0v) is 11.9. The van der Waals surface area contributed by atoms with Crippen molar-refractivity contribution in [2.45, 2.75) is 32.2 Å². The molecule has 104 valence electrons. The van der Waals surface area contributed by atoms with Gasteiger partial charge in [-0.05, 0) is 35.2 Å². The van der Waals surface area contributed by atoms with Crippen molar-refractivity contribution in [2.75, 3.05) is 7.11 Å². The van der Waals surface area contributed by atoms with Crippen molar-refractivity contribution in [3.8, 4) is 5.75 Å². The van der Waals surface area contributed by atoms with Crippen LogP contribution >= 0.6 is 0 Å². The van der Waals surface area contributed by atoms with Crippen LogP contribution in [0.2, 0.25) is 0 Å². The van der Waals surface area contributed by atoms with Gasteiger partial charge >= 0.3 is 0 Å². The SMILES string of the molecule is CCC(=O)N[C@@H]1Cc2cccc3ccc(OC)c(c23)C1. The highest BCUT2D eigenvalue weighted by molar-refractivity contribution is 5.92. The Kier molecular flexibility index (Phi) is 3.35. The standard InChI is InChI=1S/C17H19NO2/c1-3-16(19)18-13-9-12-6-4-5-11-7-8-15(20-2)14(10-13)17(11)12/h4-8,13H,3,9-10H2,1-2H3,(H,18,19)/t13-/m1/s1. The molecule has 1 N–H and O–H groups in total. The summed E-state index contributed by atoms with van der Waals surface area (Å²) < 4.78 is 5.50. The topological polar surface area (TPSA) is 38.3 Å². The number of carbonyl (C=O) groups is 1. The molecule has 3 heteroatoms. The molecule has 1 aliphatic carbocycles. The summed E-state index contributed by atoms with van der Waals surface area (Å²) in [6.07, 6.45) is 2.26. The molecule has 3 nitrogen and oxygen atoms in total. The fraction of sp³-hybridized carbons (Fsp3) is 0.353. The average molecular weight is 269 g/mol. The molecule has 0 saturated carbocycles. The predicted molar refractivity (Wildman–Crippen MR) is 80.1 cm³/mol. The van der Waals surface area contributed by atoms with Gasteiger partial charge in [-0.25, -0.2) is 0 Å². The van der Waals surface area contributed by atoms with Gasteiger partial charge in [0.25, 0.3) is 0 Å². The number of ether oxygens (including phenoxy) is 1. The quantitative estimate of drug-likeness (QED) is 0.930. The summed E-state index contributed by atoms with van der Waals surface area (Å²) in [5.74, 6) is 1.03. The lowest BCUT2D eigenvalue weighted by atomic mass is 9.85. The van der Waals surface area contributed by atoms with Gasteiger partial charge in [0.05, 0.1) is 7.11 Å². The minimum atomic E-state index is 0.112. The number of hydrogen-bond donors (Lipinski definition) is 1. The number of amides is 1. The second-order valence-electron chi connectivity index (χ2n) is 5.29. The summed E-state index contributed by atoms with van der Waals surface area (Å²) in [6.45, 7) is 1.88. The fourth-order valence-corrected chi connectivity index (χ4v) is 3.10. The molecular weight excluding hydrogens is 250 g/mol. The summed E-state index contributed by atoms with van der Waals surface area (Å²) in [6, 6.07) is 10.6. The molecule has 20 heavy (non-hydrogen) atoms.